The van der Waals surface area contributed by atoms with Crippen molar-refractivity contribution < 1.29 is 4.79 Å². The van der Waals surface area contributed by atoms with Gasteiger partial charge in [0.25, 0.3) is 5.91 Å². The summed E-state index contributed by atoms with van der Waals surface area (Å²) in [5, 5.41) is 0. The molecule has 0 N–H and O–H groups in total. The van der Waals surface area contributed by atoms with E-state index in [2.05, 4.69) is 17.8 Å². The van der Waals surface area contributed by atoms with Crippen molar-refractivity contribution in [3.8, 4) is 24.2 Å². The lowest BCUT2D eigenvalue weighted by atomic mass is 10.2. The van der Waals surface area contributed by atoms with Gasteiger partial charge in [0.05, 0.1) is 6.54 Å². The van der Waals surface area contributed by atoms with Crippen LogP contribution in [0.4, 0.5) is 0 Å². The molecule has 2 nitrogen and oxygen atoms in total. The predicted octanol–water partition coefficient (Wildman–Crippen LogP) is 1.91. The van der Waals surface area contributed by atoms with Crippen LogP contribution in [0.25, 0.3) is 0 Å². The van der Waals surface area contributed by atoms with E-state index in [0.717, 1.165) is 12.0 Å². The maximum Gasteiger partial charge on any atom is 0.299 e. The molecule has 17 heavy (non-hydrogen) atoms. The Bertz CT molecular complexity index is 459. The summed E-state index contributed by atoms with van der Waals surface area (Å²) in [7, 11) is 0. The molecule has 0 heterocycles. The number of carbonyl (C=O) groups excluding carboxylic acids is 1. The third-order valence-electron chi connectivity index (χ3n) is 2.15. The lowest BCUT2D eigenvalue weighted by Crippen LogP contribution is -2.30. The Morgan fingerprint density at radius 2 is 2.06 bits per heavy atom. The zero-order valence-electron chi connectivity index (χ0n) is 9.94. The Labute approximate surface area is 103 Å². The van der Waals surface area contributed by atoms with E-state index >= 15 is 0 Å². The number of nitrogens with zero attached hydrogens (tertiary/aromatic N) is 1. The van der Waals surface area contributed by atoms with Crippen molar-refractivity contribution in [1.29, 1.82) is 0 Å². The highest BCUT2D eigenvalue weighted by Gasteiger charge is 2.07. The molecule has 0 spiro atoms. The Morgan fingerprint density at radius 1 is 1.35 bits per heavy atom. The van der Waals surface area contributed by atoms with Gasteiger partial charge in [0.1, 0.15) is 0 Å². The number of benzene rings is 1. The molecule has 0 aliphatic rings. The van der Waals surface area contributed by atoms with Gasteiger partial charge in [-0.15, -0.1) is 6.42 Å². The summed E-state index contributed by atoms with van der Waals surface area (Å²) in [6.07, 6.45) is 6.09. The van der Waals surface area contributed by atoms with Crippen LogP contribution in [-0.2, 0) is 4.79 Å². The van der Waals surface area contributed by atoms with Gasteiger partial charge in [0.15, 0.2) is 0 Å². The van der Waals surface area contributed by atoms with Crippen molar-refractivity contribution in [3.05, 3.63) is 35.9 Å². The van der Waals surface area contributed by atoms with Gasteiger partial charge >= 0.3 is 0 Å². The summed E-state index contributed by atoms with van der Waals surface area (Å²) in [5.74, 6) is 7.70. The molecule has 1 aromatic rings. The first-order valence-electron chi connectivity index (χ1n) is 5.57. The van der Waals surface area contributed by atoms with Crippen LogP contribution in [0.1, 0.15) is 18.9 Å². The van der Waals surface area contributed by atoms with Gasteiger partial charge < -0.3 is 4.90 Å². The molecule has 0 fully saturated rings. The van der Waals surface area contributed by atoms with Crippen molar-refractivity contribution in [2.24, 2.45) is 0 Å². The fourth-order valence-electron chi connectivity index (χ4n) is 1.36. The Morgan fingerprint density at radius 3 is 2.65 bits per heavy atom. The van der Waals surface area contributed by atoms with E-state index in [1.807, 2.05) is 37.3 Å². The fourth-order valence-corrected chi connectivity index (χ4v) is 1.36. The van der Waals surface area contributed by atoms with Gasteiger partial charge in [-0.1, -0.05) is 37.0 Å². The average molecular weight is 225 g/mol. The molecule has 0 unspecified atom stereocenters. The Hall–Kier alpha value is -2.19. The van der Waals surface area contributed by atoms with Gasteiger partial charge in [-0.25, -0.2) is 0 Å². The second-order valence-electron chi connectivity index (χ2n) is 3.55. The quantitative estimate of drug-likeness (QED) is 0.720. The molecule has 1 rings (SSSR count). The molecule has 0 bridgehead atoms. The van der Waals surface area contributed by atoms with Crippen LogP contribution >= 0.6 is 0 Å². The topological polar surface area (TPSA) is 20.3 Å². The maximum atomic E-state index is 11.8. The first-order valence-corrected chi connectivity index (χ1v) is 5.57. The highest BCUT2D eigenvalue weighted by molar-refractivity contribution is 5.94. The Balaban J connectivity index is 2.71. The molecule has 0 aromatic heterocycles. The van der Waals surface area contributed by atoms with E-state index in [9.17, 15) is 4.79 Å². The first-order chi connectivity index (χ1) is 8.27. The van der Waals surface area contributed by atoms with Crippen LogP contribution < -0.4 is 0 Å². The van der Waals surface area contributed by atoms with E-state index in [1.165, 1.54) is 0 Å². The molecular formula is C15H15NO. The summed E-state index contributed by atoms with van der Waals surface area (Å²) >= 11 is 0. The molecule has 0 radical (unpaired) electrons. The minimum absolute atomic E-state index is 0.214. The lowest BCUT2D eigenvalue weighted by Gasteiger charge is -2.15. The lowest BCUT2D eigenvalue weighted by molar-refractivity contribution is -0.124. The number of amides is 1. The monoisotopic (exact) mass is 225 g/mol. The van der Waals surface area contributed by atoms with E-state index in [0.29, 0.717) is 13.1 Å². The number of terminal acetylenes is 1. The molecule has 0 aliphatic carbocycles. The van der Waals surface area contributed by atoms with Gasteiger partial charge in [-0.05, 0) is 18.6 Å². The zero-order chi connectivity index (χ0) is 12.5. The molecule has 0 atom stereocenters. The van der Waals surface area contributed by atoms with Crippen LogP contribution in [-0.4, -0.2) is 23.9 Å². The summed E-state index contributed by atoms with van der Waals surface area (Å²) in [6.45, 7) is 2.96. The number of hydrogen-bond acceptors (Lipinski definition) is 1. The van der Waals surface area contributed by atoms with Crippen LogP contribution in [0.2, 0.25) is 0 Å². The zero-order valence-corrected chi connectivity index (χ0v) is 9.94. The summed E-state index contributed by atoms with van der Waals surface area (Å²) in [6, 6.07) is 9.42. The molecule has 1 amide bonds. The third kappa shape index (κ3) is 4.45. The van der Waals surface area contributed by atoms with Crippen molar-refractivity contribution in [2.45, 2.75) is 13.3 Å². The largest absolute Gasteiger partial charge is 0.321 e. The number of rotatable bonds is 3. The first kappa shape index (κ1) is 12.9. The van der Waals surface area contributed by atoms with Gasteiger partial charge in [0.2, 0.25) is 0 Å². The highest BCUT2D eigenvalue weighted by atomic mass is 16.2. The molecule has 0 aliphatic heterocycles. The second-order valence-corrected chi connectivity index (χ2v) is 3.55. The molecule has 0 saturated carbocycles. The molecule has 2 heteroatoms. The van der Waals surface area contributed by atoms with Crippen molar-refractivity contribution in [2.75, 3.05) is 13.1 Å². The van der Waals surface area contributed by atoms with Crippen molar-refractivity contribution >= 4 is 5.91 Å². The predicted molar refractivity (Wildman–Crippen MR) is 69.0 cm³/mol. The minimum atomic E-state index is -0.214. The van der Waals surface area contributed by atoms with E-state index in [1.54, 1.807) is 4.90 Å². The smallest absolute Gasteiger partial charge is 0.299 e. The number of carbonyl (C=O) groups is 1. The minimum Gasteiger partial charge on any atom is -0.321 e. The van der Waals surface area contributed by atoms with E-state index < -0.39 is 0 Å². The van der Waals surface area contributed by atoms with Crippen LogP contribution in [0.5, 0.6) is 0 Å². The summed E-state index contributed by atoms with van der Waals surface area (Å²) in [4.78, 5) is 13.3. The Kier molecular flexibility index (Phi) is 5.41. The van der Waals surface area contributed by atoms with Crippen molar-refractivity contribution in [1.82, 2.24) is 4.90 Å². The maximum absolute atomic E-state index is 11.8. The normalized spacial score (nSPS) is 8.71. The van der Waals surface area contributed by atoms with Crippen LogP contribution in [0.15, 0.2) is 30.3 Å². The highest BCUT2D eigenvalue weighted by Crippen LogP contribution is 1.96. The van der Waals surface area contributed by atoms with Crippen molar-refractivity contribution in [3.63, 3.8) is 0 Å². The third-order valence-corrected chi connectivity index (χ3v) is 2.15. The molecular weight excluding hydrogens is 210 g/mol. The molecule has 0 saturated heterocycles. The molecule has 86 valence electrons. The SMILES string of the molecule is C#CCN(CCC)C(=O)C#Cc1ccccc1. The standard InChI is InChI=1S/C15H15NO/c1-3-12-16(13-4-2)15(17)11-10-14-8-6-5-7-9-14/h1,5-9H,4,12-13H2,2H3. The average Bonchev–Trinajstić information content (AvgIpc) is 2.37. The fraction of sp³-hybridized carbons (Fsp3) is 0.267. The van der Waals surface area contributed by atoms with Crippen LogP contribution in [0, 0.1) is 24.2 Å². The van der Waals surface area contributed by atoms with Crippen LogP contribution in [0.3, 0.4) is 0 Å². The molecule has 1 aromatic carbocycles. The second kappa shape index (κ2) is 7.14. The van der Waals surface area contributed by atoms with Gasteiger partial charge in [0, 0.05) is 18.0 Å². The van der Waals surface area contributed by atoms with E-state index in [-0.39, 0.29) is 5.91 Å². The number of hydrogen-bond donors (Lipinski definition) is 0. The van der Waals surface area contributed by atoms with Gasteiger partial charge in [-0.2, -0.15) is 0 Å². The van der Waals surface area contributed by atoms with E-state index in [4.69, 9.17) is 6.42 Å². The summed E-state index contributed by atoms with van der Waals surface area (Å²) in [5.41, 5.74) is 0.831. The van der Waals surface area contributed by atoms with Gasteiger partial charge in [-0.3, -0.25) is 4.79 Å². The summed E-state index contributed by atoms with van der Waals surface area (Å²) < 4.78 is 0.